The third-order valence-corrected chi connectivity index (χ3v) is 1.12. The highest BCUT2D eigenvalue weighted by Crippen LogP contribution is 1.87. The van der Waals surface area contributed by atoms with Crippen LogP contribution in [0.3, 0.4) is 0 Å². The van der Waals surface area contributed by atoms with Crippen LogP contribution in [0, 0.1) is 0 Å². The second-order valence-corrected chi connectivity index (χ2v) is 2.67. The lowest BCUT2D eigenvalue weighted by Gasteiger charge is -2.07. The summed E-state index contributed by atoms with van der Waals surface area (Å²) in [6.45, 7) is 4.93. The summed E-state index contributed by atoms with van der Waals surface area (Å²) in [5.41, 5.74) is 0. The molecule has 0 atom stereocenters. The van der Waals surface area contributed by atoms with Crippen LogP contribution in [-0.4, -0.2) is 38.9 Å². The summed E-state index contributed by atoms with van der Waals surface area (Å²) in [4.78, 5) is 10.7. The molecule has 0 bridgehead atoms. The zero-order valence-electron chi connectivity index (χ0n) is 7.92. The van der Waals surface area contributed by atoms with Crippen molar-refractivity contribution in [2.24, 2.45) is 0 Å². The number of hydrogen-bond acceptors (Lipinski definition) is 4. The van der Waals surface area contributed by atoms with Crippen LogP contribution in [0.4, 0.5) is 0 Å². The number of likely N-dealkylation sites (N-methyl/N-ethyl adjacent to an activating group) is 1. The van der Waals surface area contributed by atoms with Crippen molar-refractivity contribution in [2.75, 3.05) is 26.8 Å². The molecule has 4 nitrogen and oxygen atoms in total. The van der Waals surface area contributed by atoms with Crippen molar-refractivity contribution < 1.29 is 14.3 Å². The van der Waals surface area contributed by atoms with Gasteiger partial charge >= 0.3 is 5.97 Å². The average molecular weight is 175 g/mol. The van der Waals surface area contributed by atoms with Crippen LogP contribution in [0.15, 0.2) is 0 Å². The van der Waals surface area contributed by atoms with Gasteiger partial charge in [-0.1, -0.05) is 0 Å². The van der Waals surface area contributed by atoms with Crippen LogP contribution in [0.25, 0.3) is 0 Å². The molecule has 0 aromatic rings. The predicted octanol–water partition coefficient (Wildman–Crippen LogP) is 0.174. The van der Waals surface area contributed by atoms with Crippen molar-refractivity contribution in [1.29, 1.82) is 0 Å². The maximum atomic E-state index is 10.7. The van der Waals surface area contributed by atoms with Crippen molar-refractivity contribution in [3.63, 3.8) is 0 Å². The highest BCUT2D eigenvalue weighted by molar-refractivity contribution is 5.71. The molecule has 0 rings (SSSR count). The first-order valence-corrected chi connectivity index (χ1v) is 4.08. The Morgan fingerprint density at radius 3 is 2.58 bits per heavy atom. The van der Waals surface area contributed by atoms with Crippen LogP contribution in [0.1, 0.15) is 13.8 Å². The van der Waals surface area contributed by atoms with E-state index in [0.717, 1.165) is 0 Å². The van der Waals surface area contributed by atoms with E-state index in [9.17, 15) is 4.79 Å². The van der Waals surface area contributed by atoms with Gasteiger partial charge in [0.1, 0.15) is 6.61 Å². The van der Waals surface area contributed by atoms with Crippen LogP contribution in [-0.2, 0) is 14.3 Å². The molecule has 0 unspecified atom stereocenters. The van der Waals surface area contributed by atoms with Crippen molar-refractivity contribution in [3.05, 3.63) is 0 Å². The molecular formula is C8H17NO3. The summed E-state index contributed by atoms with van der Waals surface area (Å²) in [6, 6.07) is 0. The first-order chi connectivity index (χ1) is 5.66. The standard InChI is InChI=1S/C8H17NO3/c1-7(2)11-4-5-12-8(10)6-9-3/h7,9H,4-6H2,1-3H3. The zero-order chi connectivity index (χ0) is 9.40. The maximum Gasteiger partial charge on any atom is 0.319 e. The molecule has 0 spiro atoms. The summed E-state index contributed by atoms with van der Waals surface area (Å²) >= 11 is 0. The maximum absolute atomic E-state index is 10.7. The lowest BCUT2D eigenvalue weighted by molar-refractivity contribution is -0.144. The van der Waals surface area contributed by atoms with Crippen LogP contribution in [0.5, 0.6) is 0 Å². The Labute approximate surface area is 73.2 Å². The molecule has 0 radical (unpaired) electrons. The zero-order valence-corrected chi connectivity index (χ0v) is 7.92. The first kappa shape index (κ1) is 11.4. The molecule has 0 aliphatic heterocycles. The first-order valence-electron chi connectivity index (χ1n) is 4.08. The summed E-state index contributed by atoms with van der Waals surface area (Å²) in [7, 11) is 1.70. The molecule has 12 heavy (non-hydrogen) atoms. The lowest BCUT2D eigenvalue weighted by atomic mass is 10.5. The number of hydrogen-bond donors (Lipinski definition) is 1. The predicted molar refractivity (Wildman–Crippen MR) is 46.0 cm³/mol. The molecular weight excluding hydrogens is 158 g/mol. The molecule has 72 valence electrons. The Morgan fingerprint density at radius 2 is 2.08 bits per heavy atom. The SMILES string of the molecule is CNCC(=O)OCCOC(C)C. The van der Waals surface area contributed by atoms with Gasteiger partial charge < -0.3 is 14.8 Å². The number of nitrogens with one attached hydrogen (secondary N) is 1. The average Bonchev–Trinajstić information content (AvgIpc) is 1.98. The fourth-order valence-corrected chi connectivity index (χ4v) is 0.635. The highest BCUT2D eigenvalue weighted by atomic mass is 16.6. The van der Waals surface area contributed by atoms with Gasteiger partial charge in [-0.15, -0.1) is 0 Å². The number of carbonyl (C=O) groups excluding carboxylic acids is 1. The molecule has 0 aromatic heterocycles. The second kappa shape index (κ2) is 7.06. The van der Waals surface area contributed by atoms with E-state index in [0.29, 0.717) is 13.2 Å². The normalized spacial score (nSPS) is 10.3. The Balaban J connectivity index is 3.14. The van der Waals surface area contributed by atoms with E-state index in [1.807, 2.05) is 13.8 Å². The van der Waals surface area contributed by atoms with Gasteiger partial charge in [0.05, 0.1) is 19.3 Å². The number of carbonyl (C=O) groups is 1. The van der Waals surface area contributed by atoms with E-state index < -0.39 is 0 Å². The quantitative estimate of drug-likeness (QED) is 0.462. The molecule has 0 saturated heterocycles. The molecule has 0 saturated carbocycles. The van der Waals surface area contributed by atoms with Crippen LogP contribution in [0.2, 0.25) is 0 Å². The largest absolute Gasteiger partial charge is 0.462 e. The van der Waals surface area contributed by atoms with Gasteiger partial charge in [-0.3, -0.25) is 4.79 Å². The highest BCUT2D eigenvalue weighted by Gasteiger charge is 1.99. The number of rotatable bonds is 6. The van der Waals surface area contributed by atoms with E-state index in [1.54, 1.807) is 7.05 Å². The Hall–Kier alpha value is -0.610. The molecule has 4 heteroatoms. The van der Waals surface area contributed by atoms with Gasteiger partial charge in [-0.25, -0.2) is 0 Å². The number of esters is 1. The topological polar surface area (TPSA) is 47.6 Å². The summed E-state index contributed by atoms with van der Waals surface area (Å²) < 4.78 is 9.98. The summed E-state index contributed by atoms with van der Waals surface area (Å²) in [6.07, 6.45) is 0.188. The van der Waals surface area contributed by atoms with Gasteiger partial charge in [0.25, 0.3) is 0 Å². The van der Waals surface area contributed by atoms with Crippen molar-refractivity contribution in [2.45, 2.75) is 20.0 Å². The van der Waals surface area contributed by atoms with Gasteiger partial charge in [0.15, 0.2) is 0 Å². The second-order valence-electron chi connectivity index (χ2n) is 2.67. The number of ether oxygens (including phenoxy) is 2. The van der Waals surface area contributed by atoms with Crippen LogP contribution < -0.4 is 5.32 Å². The van der Waals surface area contributed by atoms with Crippen molar-refractivity contribution in [1.82, 2.24) is 5.32 Å². The lowest BCUT2D eigenvalue weighted by Crippen LogP contribution is -2.22. The Bertz CT molecular complexity index is 125. The summed E-state index contributed by atoms with van der Waals surface area (Å²) in [5, 5.41) is 2.70. The monoisotopic (exact) mass is 175 g/mol. The molecule has 0 heterocycles. The third kappa shape index (κ3) is 7.50. The van der Waals surface area contributed by atoms with Gasteiger partial charge in [0, 0.05) is 0 Å². The van der Waals surface area contributed by atoms with E-state index in [4.69, 9.17) is 9.47 Å². The Kier molecular flexibility index (Phi) is 6.70. The van der Waals surface area contributed by atoms with E-state index >= 15 is 0 Å². The van der Waals surface area contributed by atoms with E-state index in [1.165, 1.54) is 0 Å². The van der Waals surface area contributed by atoms with Gasteiger partial charge in [-0.05, 0) is 20.9 Å². The van der Waals surface area contributed by atoms with E-state index in [2.05, 4.69) is 5.32 Å². The molecule has 0 fully saturated rings. The Morgan fingerprint density at radius 1 is 1.42 bits per heavy atom. The molecule has 0 aliphatic rings. The fraction of sp³-hybridized carbons (Fsp3) is 0.875. The fourth-order valence-electron chi connectivity index (χ4n) is 0.635. The molecule has 1 N–H and O–H groups in total. The summed E-state index contributed by atoms with van der Waals surface area (Å²) in [5.74, 6) is -0.246. The van der Waals surface area contributed by atoms with Crippen molar-refractivity contribution >= 4 is 5.97 Å². The van der Waals surface area contributed by atoms with E-state index in [-0.39, 0.29) is 18.6 Å². The smallest absolute Gasteiger partial charge is 0.319 e. The van der Waals surface area contributed by atoms with Gasteiger partial charge in [0.2, 0.25) is 0 Å². The minimum absolute atomic E-state index is 0.188. The minimum atomic E-state index is -0.246. The molecule has 0 aromatic carbocycles. The van der Waals surface area contributed by atoms with Crippen LogP contribution >= 0.6 is 0 Å². The third-order valence-electron chi connectivity index (χ3n) is 1.12. The molecule has 0 aliphatic carbocycles. The molecule has 0 amide bonds. The van der Waals surface area contributed by atoms with Gasteiger partial charge in [-0.2, -0.15) is 0 Å². The van der Waals surface area contributed by atoms with Crippen molar-refractivity contribution in [3.8, 4) is 0 Å². The minimum Gasteiger partial charge on any atom is -0.462 e.